The molecule has 0 saturated heterocycles. The van der Waals surface area contributed by atoms with Gasteiger partial charge in [0.2, 0.25) is 0 Å². The van der Waals surface area contributed by atoms with Crippen LogP contribution in [-0.4, -0.2) is 11.5 Å². The Morgan fingerprint density at radius 1 is 1.12 bits per heavy atom. The van der Waals surface area contributed by atoms with Crippen molar-refractivity contribution in [3.05, 3.63) is 87.4 Å². The lowest BCUT2D eigenvalue weighted by Crippen LogP contribution is -2.30. The number of para-hydroxylation sites is 1. The van der Waals surface area contributed by atoms with E-state index in [1.165, 1.54) is 0 Å². The summed E-state index contributed by atoms with van der Waals surface area (Å²) >= 11 is 0. The molecule has 1 unspecified atom stereocenters. The predicted molar refractivity (Wildman–Crippen MR) is 92.3 cm³/mol. The Balaban J connectivity index is 2.11. The average molecular weight is 324 g/mol. The number of allylic oxidation sites excluding steroid dienone is 1. The third-order valence-corrected chi connectivity index (χ3v) is 4.09. The molecule has 124 valence electrons. The number of rotatable bonds is 6. The molecule has 5 nitrogen and oxygen atoms in total. The third-order valence-electron chi connectivity index (χ3n) is 4.09. The summed E-state index contributed by atoms with van der Waals surface area (Å²) in [6.07, 6.45) is 1.93. The van der Waals surface area contributed by atoms with E-state index in [0.717, 1.165) is 24.0 Å². The number of nitrogens with one attached hydrogen (secondary N) is 1. The Morgan fingerprint density at radius 2 is 1.83 bits per heavy atom. The molecule has 0 bridgehead atoms. The zero-order valence-corrected chi connectivity index (χ0v) is 13.6. The molecule has 1 aliphatic heterocycles. The van der Waals surface area contributed by atoms with E-state index >= 15 is 0 Å². The van der Waals surface area contributed by atoms with Crippen LogP contribution in [-0.2, 0) is 0 Å². The molecule has 24 heavy (non-hydrogen) atoms. The maximum absolute atomic E-state index is 11.8. The standard InChI is InChI=1S/C19H20N2O3/c1-2-3-13-20-19-18(21(22)23)17(14-9-5-4-6-10-14)15-11-7-8-12-16(15)24-19/h4-12,17,20H,2-3,13H2,1H3. The van der Waals surface area contributed by atoms with Crippen LogP contribution in [0.4, 0.5) is 0 Å². The van der Waals surface area contributed by atoms with E-state index in [-0.39, 0.29) is 16.5 Å². The third kappa shape index (κ3) is 3.11. The highest BCUT2D eigenvalue weighted by molar-refractivity contribution is 5.50. The van der Waals surface area contributed by atoms with Gasteiger partial charge in [-0.3, -0.25) is 10.1 Å². The molecule has 2 aromatic carbocycles. The number of unbranched alkanes of at least 4 members (excludes halogenated alkanes) is 1. The van der Waals surface area contributed by atoms with Gasteiger partial charge in [0.1, 0.15) is 11.7 Å². The van der Waals surface area contributed by atoms with Gasteiger partial charge in [-0.05, 0) is 18.1 Å². The first-order valence-electron chi connectivity index (χ1n) is 8.16. The van der Waals surface area contributed by atoms with Gasteiger partial charge in [0, 0.05) is 12.1 Å². The number of hydrogen-bond donors (Lipinski definition) is 1. The lowest BCUT2D eigenvalue weighted by Gasteiger charge is -2.26. The fourth-order valence-corrected chi connectivity index (χ4v) is 2.93. The smallest absolute Gasteiger partial charge is 0.317 e. The van der Waals surface area contributed by atoms with Crippen molar-refractivity contribution in [2.24, 2.45) is 0 Å². The summed E-state index contributed by atoms with van der Waals surface area (Å²) in [6, 6.07) is 17.0. The van der Waals surface area contributed by atoms with Crippen molar-refractivity contribution in [1.29, 1.82) is 0 Å². The molecule has 0 aliphatic carbocycles. The van der Waals surface area contributed by atoms with Gasteiger partial charge >= 0.3 is 5.70 Å². The van der Waals surface area contributed by atoms with Gasteiger partial charge in [0.25, 0.3) is 5.88 Å². The summed E-state index contributed by atoms with van der Waals surface area (Å²) < 4.78 is 5.83. The van der Waals surface area contributed by atoms with E-state index < -0.39 is 5.92 Å². The first-order valence-corrected chi connectivity index (χ1v) is 8.16. The van der Waals surface area contributed by atoms with Crippen molar-refractivity contribution < 1.29 is 9.66 Å². The highest BCUT2D eigenvalue weighted by Gasteiger charge is 2.39. The predicted octanol–water partition coefficient (Wildman–Crippen LogP) is 4.05. The zero-order valence-electron chi connectivity index (χ0n) is 13.6. The highest BCUT2D eigenvalue weighted by Crippen LogP contribution is 2.42. The molecule has 0 spiro atoms. The number of benzene rings is 2. The summed E-state index contributed by atoms with van der Waals surface area (Å²) in [6.45, 7) is 2.72. The zero-order chi connectivity index (χ0) is 16.9. The van der Waals surface area contributed by atoms with Crippen molar-refractivity contribution in [2.45, 2.75) is 25.7 Å². The van der Waals surface area contributed by atoms with Crippen LogP contribution in [0.2, 0.25) is 0 Å². The molecule has 1 aliphatic rings. The Bertz CT molecular complexity index is 756. The van der Waals surface area contributed by atoms with Crippen LogP contribution in [0.5, 0.6) is 5.75 Å². The lowest BCUT2D eigenvalue weighted by atomic mass is 9.86. The average Bonchev–Trinajstić information content (AvgIpc) is 2.61. The van der Waals surface area contributed by atoms with Crippen LogP contribution in [0.15, 0.2) is 66.2 Å². The molecule has 1 atom stereocenters. The first kappa shape index (κ1) is 16.1. The lowest BCUT2D eigenvalue weighted by molar-refractivity contribution is -0.432. The van der Waals surface area contributed by atoms with Crippen LogP contribution in [0.1, 0.15) is 36.8 Å². The minimum Gasteiger partial charge on any atom is -0.435 e. The topological polar surface area (TPSA) is 64.4 Å². The normalized spacial score (nSPS) is 16.3. The molecule has 0 aromatic heterocycles. The molecule has 0 saturated carbocycles. The summed E-state index contributed by atoms with van der Waals surface area (Å²) in [7, 11) is 0. The first-order chi connectivity index (χ1) is 11.7. The van der Waals surface area contributed by atoms with Crippen molar-refractivity contribution in [1.82, 2.24) is 5.32 Å². The van der Waals surface area contributed by atoms with Crippen molar-refractivity contribution >= 4 is 0 Å². The fraction of sp³-hybridized carbons (Fsp3) is 0.263. The van der Waals surface area contributed by atoms with E-state index in [1.807, 2.05) is 54.6 Å². The van der Waals surface area contributed by atoms with Crippen LogP contribution < -0.4 is 10.1 Å². The quantitative estimate of drug-likeness (QED) is 0.495. The van der Waals surface area contributed by atoms with Crippen molar-refractivity contribution in [3.8, 4) is 5.75 Å². The molecular formula is C19H20N2O3. The van der Waals surface area contributed by atoms with Crippen LogP contribution in [0.3, 0.4) is 0 Å². The second kappa shape index (κ2) is 7.17. The maximum atomic E-state index is 11.8. The Hall–Kier alpha value is -2.82. The monoisotopic (exact) mass is 324 g/mol. The summed E-state index contributed by atoms with van der Waals surface area (Å²) in [4.78, 5) is 11.5. The molecule has 0 radical (unpaired) electrons. The van der Waals surface area contributed by atoms with Gasteiger partial charge in [-0.15, -0.1) is 0 Å². The van der Waals surface area contributed by atoms with Gasteiger partial charge in [-0.1, -0.05) is 61.9 Å². The summed E-state index contributed by atoms with van der Waals surface area (Å²) in [5.41, 5.74) is 1.77. The molecule has 0 fully saturated rings. The van der Waals surface area contributed by atoms with Gasteiger partial charge in [-0.25, -0.2) is 0 Å². The molecule has 5 heteroatoms. The Labute approximate surface area is 141 Å². The van der Waals surface area contributed by atoms with Crippen molar-refractivity contribution in [2.75, 3.05) is 6.54 Å². The summed E-state index contributed by atoms with van der Waals surface area (Å²) in [5, 5.41) is 14.9. The minimum atomic E-state index is -0.449. The molecule has 0 amide bonds. The number of nitrogens with zero attached hydrogens (tertiary/aromatic N) is 1. The Morgan fingerprint density at radius 3 is 2.54 bits per heavy atom. The second-order valence-corrected chi connectivity index (χ2v) is 5.74. The molecule has 1 heterocycles. The Kier molecular flexibility index (Phi) is 4.79. The van der Waals surface area contributed by atoms with Crippen LogP contribution in [0, 0.1) is 10.1 Å². The largest absolute Gasteiger partial charge is 0.435 e. The second-order valence-electron chi connectivity index (χ2n) is 5.74. The molecule has 3 rings (SSSR count). The van der Waals surface area contributed by atoms with E-state index in [0.29, 0.717) is 12.3 Å². The number of fused-ring (bicyclic) bond motifs is 1. The van der Waals surface area contributed by atoms with E-state index in [4.69, 9.17) is 4.74 Å². The van der Waals surface area contributed by atoms with Gasteiger partial charge in [-0.2, -0.15) is 0 Å². The number of hydrogen-bond acceptors (Lipinski definition) is 4. The van der Waals surface area contributed by atoms with Crippen LogP contribution >= 0.6 is 0 Å². The van der Waals surface area contributed by atoms with Crippen molar-refractivity contribution in [3.63, 3.8) is 0 Å². The fourth-order valence-electron chi connectivity index (χ4n) is 2.93. The number of ether oxygens (including phenoxy) is 1. The highest BCUT2D eigenvalue weighted by atomic mass is 16.6. The van der Waals surface area contributed by atoms with E-state index in [2.05, 4.69) is 12.2 Å². The van der Waals surface area contributed by atoms with Gasteiger partial charge in [0.15, 0.2) is 0 Å². The molecular weight excluding hydrogens is 304 g/mol. The molecule has 1 N–H and O–H groups in total. The minimum absolute atomic E-state index is 0.0657. The van der Waals surface area contributed by atoms with E-state index in [9.17, 15) is 10.1 Å². The van der Waals surface area contributed by atoms with Gasteiger partial charge < -0.3 is 10.1 Å². The van der Waals surface area contributed by atoms with Gasteiger partial charge in [0.05, 0.1) is 4.92 Å². The molecule has 2 aromatic rings. The SMILES string of the molecule is CCCCNC1=C([N+](=O)[O-])C(c2ccccc2)c2ccccc2O1. The number of nitro groups is 1. The van der Waals surface area contributed by atoms with E-state index in [1.54, 1.807) is 0 Å². The summed E-state index contributed by atoms with van der Waals surface area (Å²) in [5.74, 6) is 0.465. The van der Waals surface area contributed by atoms with Crippen LogP contribution in [0.25, 0.3) is 0 Å². The maximum Gasteiger partial charge on any atom is 0.317 e.